The van der Waals surface area contributed by atoms with E-state index in [1.165, 1.54) is 0 Å². The number of benzene rings is 2. The van der Waals surface area contributed by atoms with Crippen LogP contribution in [0.3, 0.4) is 0 Å². The molecule has 3 rings (SSSR count). The number of hydrogen-bond acceptors (Lipinski definition) is 3. The molecule has 4 nitrogen and oxygen atoms in total. The number of rotatable bonds is 6. The smallest absolute Gasteiger partial charge is 0.155 e. The van der Waals surface area contributed by atoms with Crippen LogP contribution >= 0.6 is 0 Å². The van der Waals surface area contributed by atoms with Gasteiger partial charge < -0.3 is 15.2 Å². The number of aryl methyl sites for hydroxylation is 1. The van der Waals surface area contributed by atoms with Gasteiger partial charge in [0.25, 0.3) is 0 Å². The summed E-state index contributed by atoms with van der Waals surface area (Å²) in [6.45, 7) is 0. The third kappa shape index (κ3) is 3.84. The van der Waals surface area contributed by atoms with Gasteiger partial charge in [-0.15, -0.1) is 0 Å². The molecule has 0 fully saturated rings. The number of carbonyl (C=O) groups excluding carboxylic acids is 1. The van der Waals surface area contributed by atoms with Crippen molar-refractivity contribution in [3.05, 3.63) is 65.9 Å². The number of hydrogen-bond donors (Lipinski definition) is 3. The fourth-order valence-corrected chi connectivity index (χ4v) is 2.68. The van der Waals surface area contributed by atoms with E-state index >= 15 is 0 Å². The maximum atomic E-state index is 11.9. The SMILES string of the molecule is O=C(/C=C/c1ccc(O)cc1)CCCc1c[nH]c2ccc(O)cc12. The van der Waals surface area contributed by atoms with Crippen LogP contribution in [0.5, 0.6) is 11.5 Å². The molecule has 0 unspecified atom stereocenters. The number of phenols is 2. The molecule has 24 heavy (non-hydrogen) atoms. The molecule has 0 aliphatic rings. The maximum absolute atomic E-state index is 11.9. The third-order valence-electron chi connectivity index (χ3n) is 3.98. The quantitative estimate of drug-likeness (QED) is 0.596. The van der Waals surface area contributed by atoms with Crippen molar-refractivity contribution in [2.45, 2.75) is 19.3 Å². The minimum Gasteiger partial charge on any atom is -0.508 e. The molecule has 1 heterocycles. The van der Waals surface area contributed by atoms with Gasteiger partial charge in [0.2, 0.25) is 0 Å². The highest BCUT2D eigenvalue weighted by atomic mass is 16.3. The third-order valence-corrected chi connectivity index (χ3v) is 3.98. The summed E-state index contributed by atoms with van der Waals surface area (Å²) in [4.78, 5) is 15.1. The molecule has 0 saturated heterocycles. The van der Waals surface area contributed by atoms with Gasteiger partial charge in [0.1, 0.15) is 11.5 Å². The van der Waals surface area contributed by atoms with Crippen LogP contribution < -0.4 is 0 Å². The zero-order valence-corrected chi connectivity index (χ0v) is 13.2. The molecule has 4 heteroatoms. The number of carbonyl (C=O) groups is 1. The van der Waals surface area contributed by atoms with Crippen molar-refractivity contribution in [2.24, 2.45) is 0 Å². The number of ketones is 1. The van der Waals surface area contributed by atoms with E-state index in [9.17, 15) is 15.0 Å². The van der Waals surface area contributed by atoms with Crippen molar-refractivity contribution in [2.75, 3.05) is 0 Å². The highest BCUT2D eigenvalue weighted by molar-refractivity contribution is 5.93. The average Bonchev–Trinajstić information content (AvgIpc) is 2.97. The Balaban J connectivity index is 1.54. The summed E-state index contributed by atoms with van der Waals surface area (Å²) in [5.41, 5.74) is 2.98. The lowest BCUT2D eigenvalue weighted by molar-refractivity contribution is -0.114. The number of aromatic amines is 1. The number of fused-ring (bicyclic) bond motifs is 1. The fourth-order valence-electron chi connectivity index (χ4n) is 2.68. The molecule has 0 atom stereocenters. The predicted octanol–water partition coefficient (Wildman–Crippen LogP) is 4.18. The number of aromatic hydroxyl groups is 2. The average molecular weight is 321 g/mol. The van der Waals surface area contributed by atoms with Gasteiger partial charge in [-0.1, -0.05) is 18.2 Å². The maximum Gasteiger partial charge on any atom is 0.155 e. The number of H-pyrrole nitrogens is 1. The predicted molar refractivity (Wildman–Crippen MR) is 95.0 cm³/mol. The van der Waals surface area contributed by atoms with E-state index in [1.54, 1.807) is 48.6 Å². The van der Waals surface area contributed by atoms with Gasteiger partial charge in [-0.3, -0.25) is 4.79 Å². The zero-order chi connectivity index (χ0) is 16.9. The zero-order valence-electron chi connectivity index (χ0n) is 13.2. The van der Waals surface area contributed by atoms with E-state index in [0.717, 1.165) is 34.9 Å². The van der Waals surface area contributed by atoms with Crippen molar-refractivity contribution in [3.63, 3.8) is 0 Å². The van der Waals surface area contributed by atoms with E-state index in [2.05, 4.69) is 4.98 Å². The molecule has 0 aliphatic carbocycles. The minimum atomic E-state index is 0.0748. The molecule has 3 aromatic rings. The van der Waals surface area contributed by atoms with Gasteiger partial charge in [-0.2, -0.15) is 0 Å². The summed E-state index contributed by atoms with van der Waals surface area (Å²) in [6, 6.07) is 12.0. The van der Waals surface area contributed by atoms with Crippen LogP contribution in [-0.2, 0) is 11.2 Å². The molecular weight excluding hydrogens is 302 g/mol. The molecule has 0 amide bonds. The Bertz CT molecular complexity index is 876. The Morgan fingerprint density at radius 2 is 1.79 bits per heavy atom. The molecule has 0 radical (unpaired) electrons. The summed E-state index contributed by atoms with van der Waals surface area (Å²) in [7, 11) is 0. The Labute approximate surface area is 140 Å². The number of aromatic nitrogens is 1. The molecule has 0 spiro atoms. The van der Waals surface area contributed by atoms with Crippen LogP contribution in [0.15, 0.2) is 54.7 Å². The first-order valence-corrected chi connectivity index (χ1v) is 7.91. The second kappa shape index (κ2) is 7.04. The lowest BCUT2D eigenvalue weighted by atomic mass is 10.0. The van der Waals surface area contributed by atoms with E-state index in [4.69, 9.17) is 0 Å². The first-order chi connectivity index (χ1) is 11.6. The largest absolute Gasteiger partial charge is 0.508 e. The second-order valence-corrected chi connectivity index (χ2v) is 5.79. The van der Waals surface area contributed by atoms with Crippen molar-refractivity contribution < 1.29 is 15.0 Å². The number of nitrogens with one attached hydrogen (secondary N) is 1. The first kappa shape index (κ1) is 15.9. The lowest BCUT2D eigenvalue weighted by Crippen LogP contribution is -1.94. The molecular formula is C20H19NO3. The summed E-state index contributed by atoms with van der Waals surface area (Å²) >= 11 is 0. The Hall–Kier alpha value is -3.01. The highest BCUT2D eigenvalue weighted by Gasteiger charge is 2.05. The van der Waals surface area contributed by atoms with Crippen LogP contribution in [-0.4, -0.2) is 21.0 Å². The van der Waals surface area contributed by atoms with Gasteiger partial charge in [0.05, 0.1) is 0 Å². The van der Waals surface area contributed by atoms with Crippen molar-refractivity contribution >= 4 is 22.8 Å². The Morgan fingerprint density at radius 1 is 1.04 bits per heavy atom. The van der Waals surface area contributed by atoms with Crippen LogP contribution in [0.2, 0.25) is 0 Å². The van der Waals surface area contributed by atoms with Gasteiger partial charge in [0, 0.05) is 23.5 Å². The molecule has 1 aromatic heterocycles. The summed E-state index contributed by atoms with van der Waals surface area (Å²) in [6.07, 6.45) is 7.27. The van der Waals surface area contributed by atoms with Crippen molar-refractivity contribution in [1.82, 2.24) is 4.98 Å². The highest BCUT2D eigenvalue weighted by Crippen LogP contribution is 2.24. The van der Waals surface area contributed by atoms with E-state index in [0.29, 0.717) is 6.42 Å². The van der Waals surface area contributed by atoms with E-state index < -0.39 is 0 Å². The normalized spacial score (nSPS) is 11.3. The molecule has 0 aliphatic heterocycles. The topological polar surface area (TPSA) is 73.3 Å². The summed E-state index contributed by atoms with van der Waals surface area (Å²) < 4.78 is 0. The monoisotopic (exact) mass is 321 g/mol. The summed E-state index contributed by atoms with van der Waals surface area (Å²) in [5.74, 6) is 0.533. The molecule has 0 saturated carbocycles. The van der Waals surface area contributed by atoms with Crippen molar-refractivity contribution in [3.8, 4) is 11.5 Å². The van der Waals surface area contributed by atoms with Gasteiger partial charge in [-0.25, -0.2) is 0 Å². The minimum absolute atomic E-state index is 0.0748. The molecule has 2 aromatic carbocycles. The van der Waals surface area contributed by atoms with Crippen LogP contribution in [0.1, 0.15) is 24.0 Å². The van der Waals surface area contributed by atoms with Crippen molar-refractivity contribution in [1.29, 1.82) is 0 Å². The standard InChI is InChI=1S/C20H19NO3/c22-16(7-4-14-5-8-17(23)9-6-14)3-1-2-15-13-21-20-11-10-18(24)12-19(15)20/h4-13,21,23-24H,1-3H2/b7-4+. The fraction of sp³-hybridized carbons (Fsp3) is 0.150. The van der Waals surface area contributed by atoms with E-state index in [-0.39, 0.29) is 17.3 Å². The van der Waals surface area contributed by atoms with Crippen LogP contribution in [0, 0.1) is 0 Å². The first-order valence-electron chi connectivity index (χ1n) is 7.91. The van der Waals surface area contributed by atoms with Gasteiger partial charge >= 0.3 is 0 Å². The number of phenolic OH excluding ortho intramolecular Hbond substituents is 2. The Kier molecular flexibility index (Phi) is 4.66. The Morgan fingerprint density at radius 3 is 2.58 bits per heavy atom. The second-order valence-electron chi connectivity index (χ2n) is 5.79. The van der Waals surface area contributed by atoms with E-state index in [1.807, 2.05) is 12.3 Å². The van der Waals surface area contributed by atoms with Crippen LogP contribution in [0.4, 0.5) is 0 Å². The lowest BCUT2D eigenvalue weighted by Gasteiger charge is -1.99. The molecule has 122 valence electrons. The molecule has 0 bridgehead atoms. The van der Waals surface area contributed by atoms with Crippen LogP contribution in [0.25, 0.3) is 17.0 Å². The molecule has 3 N–H and O–H groups in total. The summed E-state index contributed by atoms with van der Waals surface area (Å²) in [5, 5.41) is 19.8. The van der Waals surface area contributed by atoms with Gasteiger partial charge in [0.15, 0.2) is 5.78 Å². The number of allylic oxidation sites excluding steroid dienone is 1. The van der Waals surface area contributed by atoms with Gasteiger partial charge in [-0.05, 0) is 60.4 Å².